The van der Waals surface area contributed by atoms with Crippen molar-refractivity contribution in [2.24, 2.45) is 13.0 Å². The molecule has 1 aromatic heterocycles. The topological polar surface area (TPSA) is 24.3 Å². The number of imidazole rings is 1. The van der Waals surface area contributed by atoms with Crippen molar-refractivity contribution < 1.29 is 0 Å². The number of hydrogen-bond acceptors (Lipinski definition) is 3. The third-order valence-electron chi connectivity index (χ3n) is 5.95. The zero-order valence-electron chi connectivity index (χ0n) is 15.3. The molecule has 25 heavy (non-hydrogen) atoms. The van der Waals surface area contributed by atoms with Gasteiger partial charge in [-0.15, -0.1) is 0 Å². The standard InChI is InChI=1S/C21H30N4/c1-23-13-11-22-21(23)17-25-15-19-9-10-20(25)16-24(14-19)12-5-8-18-6-3-2-4-7-18/h2-4,6-7,11,13,19-20H,5,8-10,12,14-17H2,1H3/t19-,20+/m0/s1. The van der Waals surface area contributed by atoms with Gasteiger partial charge in [0.15, 0.2) is 0 Å². The summed E-state index contributed by atoms with van der Waals surface area (Å²) in [6.07, 6.45) is 9.19. The van der Waals surface area contributed by atoms with Gasteiger partial charge >= 0.3 is 0 Å². The van der Waals surface area contributed by atoms with Gasteiger partial charge in [0.05, 0.1) is 6.54 Å². The van der Waals surface area contributed by atoms with Crippen molar-refractivity contribution in [1.29, 1.82) is 0 Å². The van der Waals surface area contributed by atoms with Crippen molar-refractivity contribution in [3.05, 3.63) is 54.1 Å². The molecule has 4 heterocycles. The van der Waals surface area contributed by atoms with Crippen LogP contribution in [0, 0.1) is 5.92 Å². The molecule has 4 heteroatoms. The minimum atomic E-state index is 0.701. The Balaban J connectivity index is 1.32. The molecular weight excluding hydrogens is 308 g/mol. The number of hydrogen-bond donors (Lipinski definition) is 0. The zero-order valence-corrected chi connectivity index (χ0v) is 15.3. The lowest BCUT2D eigenvalue weighted by atomic mass is 9.95. The Morgan fingerprint density at radius 3 is 2.76 bits per heavy atom. The van der Waals surface area contributed by atoms with E-state index in [1.165, 1.54) is 63.3 Å². The monoisotopic (exact) mass is 338 g/mol. The first-order valence-corrected chi connectivity index (χ1v) is 9.74. The highest BCUT2D eigenvalue weighted by atomic mass is 15.3. The Morgan fingerprint density at radius 2 is 1.96 bits per heavy atom. The van der Waals surface area contributed by atoms with Crippen LogP contribution in [0.1, 0.15) is 30.7 Å². The molecular formula is C21H30N4. The van der Waals surface area contributed by atoms with Gasteiger partial charge in [0.2, 0.25) is 0 Å². The summed E-state index contributed by atoms with van der Waals surface area (Å²) in [6.45, 7) is 5.99. The van der Waals surface area contributed by atoms with Crippen molar-refractivity contribution >= 4 is 0 Å². The van der Waals surface area contributed by atoms with E-state index in [2.05, 4.69) is 62.9 Å². The van der Waals surface area contributed by atoms with Gasteiger partial charge in [-0.2, -0.15) is 0 Å². The SMILES string of the molecule is Cn1ccnc1CN1C[C@H]2CC[C@@H]1CN(CCCc1ccccc1)C2. The third kappa shape index (κ3) is 4.13. The van der Waals surface area contributed by atoms with Crippen LogP contribution in [0.3, 0.4) is 0 Å². The highest BCUT2D eigenvalue weighted by Crippen LogP contribution is 2.29. The lowest BCUT2D eigenvalue weighted by molar-refractivity contribution is 0.119. The molecule has 0 unspecified atom stereocenters. The lowest BCUT2D eigenvalue weighted by Crippen LogP contribution is -2.43. The quantitative estimate of drug-likeness (QED) is 0.809. The number of rotatable bonds is 6. The second-order valence-electron chi connectivity index (χ2n) is 7.83. The van der Waals surface area contributed by atoms with Crippen molar-refractivity contribution in [2.75, 3.05) is 26.2 Å². The van der Waals surface area contributed by atoms with Crippen LogP contribution in [0.2, 0.25) is 0 Å². The van der Waals surface area contributed by atoms with Gasteiger partial charge in [0, 0.05) is 45.1 Å². The van der Waals surface area contributed by atoms with E-state index in [1.54, 1.807) is 0 Å². The molecule has 2 bridgehead atoms. The number of fused-ring (bicyclic) bond motifs is 4. The Kier molecular flexibility index (Phi) is 5.18. The fraction of sp³-hybridized carbons (Fsp3) is 0.571. The molecule has 3 aliphatic rings. The smallest absolute Gasteiger partial charge is 0.122 e. The Bertz CT molecular complexity index is 666. The molecule has 0 amide bonds. The number of benzene rings is 1. The Morgan fingerprint density at radius 1 is 1.08 bits per heavy atom. The molecule has 0 saturated carbocycles. The molecule has 0 spiro atoms. The van der Waals surface area contributed by atoms with Gasteiger partial charge in [-0.3, -0.25) is 4.90 Å². The Labute approximate surface area is 151 Å². The lowest BCUT2D eigenvalue weighted by Gasteiger charge is -2.35. The number of piperidine rings is 1. The maximum Gasteiger partial charge on any atom is 0.122 e. The minimum Gasteiger partial charge on any atom is -0.337 e. The van der Waals surface area contributed by atoms with E-state index in [9.17, 15) is 0 Å². The van der Waals surface area contributed by atoms with Crippen LogP contribution in [0.25, 0.3) is 0 Å². The van der Waals surface area contributed by atoms with Crippen LogP contribution in [-0.2, 0) is 20.0 Å². The fourth-order valence-electron chi connectivity index (χ4n) is 4.53. The zero-order chi connectivity index (χ0) is 17.1. The molecule has 2 atom stereocenters. The van der Waals surface area contributed by atoms with Crippen LogP contribution >= 0.6 is 0 Å². The van der Waals surface area contributed by atoms with Gasteiger partial charge in [-0.05, 0) is 43.7 Å². The summed E-state index contributed by atoms with van der Waals surface area (Å²) in [5.74, 6) is 2.03. The van der Waals surface area contributed by atoms with Crippen LogP contribution in [0.15, 0.2) is 42.7 Å². The van der Waals surface area contributed by atoms with Crippen molar-refractivity contribution in [3.8, 4) is 0 Å². The summed E-state index contributed by atoms with van der Waals surface area (Å²) in [5, 5.41) is 0. The second-order valence-corrected chi connectivity index (χ2v) is 7.83. The molecule has 134 valence electrons. The number of nitrogens with zero attached hydrogens (tertiary/aromatic N) is 4. The summed E-state index contributed by atoms with van der Waals surface area (Å²) in [6, 6.07) is 11.6. The largest absolute Gasteiger partial charge is 0.337 e. The van der Waals surface area contributed by atoms with Gasteiger partial charge in [0.1, 0.15) is 5.82 Å². The predicted octanol–water partition coefficient (Wildman–Crippen LogP) is 2.95. The number of aromatic nitrogens is 2. The van der Waals surface area contributed by atoms with Gasteiger partial charge in [-0.25, -0.2) is 4.98 Å². The summed E-state index contributed by atoms with van der Waals surface area (Å²) in [4.78, 5) is 9.95. The summed E-state index contributed by atoms with van der Waals surface area (Å²) < 4.78 is 2.16. The molecule has 0 N–H and O–H groups in total. The summed E-state index contributed by atoms with van der Waals surface area (Å²) in [5.41, 5.74) is 1.47. The van der Waals surface area contributed by atoms with Crippen molar-refractivity contribution in [1.82, 2.24) is 19.4 Å². The second kappa shape index (κ2) is 7.71. The van der Waals surface area contributed by atoms with E-state index >= 15 is 0 Å². The molecule has 1 aromatic carbocycles. The molecule has 3 fully saturated rings. The van der Waals surface area contributed by atoms with E-state index < -0.39 is 0 Å². The van der Waals surface area contributed by atoms with E-state index in [1.807, 2.05) is 6.20 Å². The van der Waals surface area contributed by atoms with Crippen LogP contribution in [0.5, 0.6) is 0 Å². The van der Waals surface area contributed by atoms with Gasteiger partial charge in [-0.1, -0.05) is 30.3 Å². The summed E-state index contributed by atoms with van der Waals surface area (Å²) in [7, 11) is 2.11. The first-order valence-electron chi connectivity index (χ1n) is 9.74. The average Bonchev–Trinajstić information content (AvgIpc) is 2.84. The first-order chi connectivity index (χ1) is 12.3. The van der Waals surface area contributed by atoms with Gasteiger partial charge < -0.3 is 9.47 Å². The molecule has 2 aromatic rings. The molecule has 0 radical (unpaired) electrons. The minimum absolute atomic E-state index is 0.701. The first kappa shape index (κ1) is 16.8. The molecule has 0 aliphatic carbocycles. The summed E-state index contributed by atoms with van der Waals surface area (Å²) >= 11 is 0. The highest BCUT2D eigenvalue weighted by Gasteiger charge is 2.34. The molecule has 5 rings (SSSR count). The van der Waals surface area contributed by atoms with E-state index in [0.717, 1.165) is 12.5 Å². The predicted molar refractivity (Wildman–Crippen MR) is 101 cm³/mol. The third-order valence-corrected chi connectivity index (χ3v) is 5.95. The maximum absolute atomic E-state index is 4.53. The Hall–Kier alpha value is -1.65. The highest BCUT2D eigenvalue weighted by molar-refractivity contribution is 5.14. The molecule has 3 saturated heterocycles. The van der Waals surface area contributed by atoms with Crippen molar-refractivity contribution in [2.45, 2.75) is 38.3 Å². The van der Waals surface area contributed by atoms with Crippen LogP contribution in [-0.4, -0.2) is 51.6 Å². The molecule has 3 aliphatic heterocycles. The average molecular weight is 338 g/mol. The maximum atomic E-state index is 4.53. The van der Waals surface area contributed by atoms with E-state index in [0.29, 0.717) is 6.04 Å². The van der Waals surface area contributed by atoms with Crippen molar-refractivity contribution in [3.63, 3.8) is 0 Å². The molecule has 4 nitrogen and oxygen atoms in total. The fourth-order valence-corrected chi connectivity index (χ4v) is 4.53. The van der Waals surface area contributed by atoms with Gasteiger partial charge in [0.25, 0.3) is 0 Å². The van der Waals surface area contributed by atoms with Crippen LogP contribution in [0.4, 0.5) is 0 Å². The normalized spacial score (nSPS) is 24.5. The van der Waals surface area contributed by atoms with E-state index in [-0.39, 0.29) is 0 Å². The number of aryl methyl sites for hydroxylation is 2. The van der Waals surface area contributed by atoms with Crippen LogP contribution < -0.4 is 0 Å². The van der Waals surface area contributed by atoms with E-state index in [4.69, 9.17) is 0 Å².